The number of hydrogen-bond acceptors (Lipinski definition) is 3. The van der Waals surface area contributed by atoms with E-state index in [-0.39, 0.29) is 0 Å². The molecule has 0 radical (unpaired) electrons. The van der Waals surface area contributed by atoms with Gasteiger partial charge in [0.25, 0.3) is 0 Å². The summed E-state index contributed by atoms with van der Waals surface area (Å²) in [5.74, 6) is 1.60. The predicted molar refractivity (Wildman–Crippen MR) is 57.9 cm³/mol. The highest BCUT2D eigenvalue weighted by atomic mass is 35.5. The molecule has 1 fully saturated rings. The summed E-state index contributed by atoms with van der Waals surface area (Å²) < 4.78 is 0. The van der Waals surface area contributed by atoms with Crippen molar-refractivity contribution in [2.24, 2.45) is 0 Å². The van der Waals surface area contributed by atoms with E-state index >= 15 is 0 Å². The normalized spacial score (nSPS) is 15.6. The first-order valence-electron chi connectivity index (χ1n) is 4.94. The van der Waals surface area contributed by atoms with Crippen molar-refractivity contribution in [2.75, 3.05) is 17.3 Å². The van der Waals surface area contributed by atoms with Crippen LogP contribution in [0.5, 0.6) is 0 Å². The van der Waals surface area contributed by atoms with E-state index in [1.54, 1.807) is 0 Å². The third kappa shape index (κ3) is 2.15. The van der Waals surface area contributed by atoms with E-state index < -0.39 is 0 Å². The molecule has 3 nitrogen and oxygen atoms in total. The van der Waals surface area contributed by atoms with Gasteiger partial charge < -0.3 is 4.90 Å². The summed E-state index contributed by atoms with van der Waals surface area (Å²) in [6.45, 7) is 2.81. The van der Waals surface area contributed by atoms with Crippen molar-refractivity contribution in [3.8, 4) is 0 Å². The number of nitrogens with zero attached hydrogens (tertiary/aromatic N) is 3. The lowest BCUT2D eigenvalue weighted by Crippen LogP contribution is -2.28. The standard InChI is InChI=1S/C10H14ClN3/c1-8-2-5-10(13-12-8)14(7-6-11)9-3-4-9/h2,5,9H,3-4,6-7H2,1H3. The molecule has 1 saturated carbocycles. The first kappa shape index (κ1) is 9.71. The Hall–Kier alpha value is -0.830. The van der Waals surface area contributed by atoms with Gasteiger partial charge >= 0.3 is 0 Å². The maximum absolute atomic E-state index is 5.76. The highest BCUT2D eigenvalue weighted by Gasteiger charge is 2.29. The van der Waals surface area contributed by atoms with E-state index in [9.17, 15) is 0 Å². The zero-order valence-corrected chi connectivity index (χ0v) is 9.04. The van der Waals surface area contributed by atoms with E-state index in [1.807, 2.05) is 19.1 Å². The number of rotatable bonds is 4. The number of hydrogen-bond donors (Lipinski definition) is 0. The zero-order chi connectivity index (χ0) is 9.97. The summed E-state index contributed by atoms with van der Waals surface area (Å²) in [6.07, 6.45) is 2.51. The monoisotopic (exact) mass is 211 g/mol. The lowest BCUT2D eigenvalue weighted by Gasteiger charge is -2.21. The molecule has 1 aliphatic rings. The quantitative estimate of drug-likeness (QED) is 0.714. The molecule has 0 aromatic carbocycles. The van der Waals surface area contributed by atoms with Crippen LogP contribution < -0.4 is 4.90 Å². The third-order valence-electron chi connectivity index (χ3n) is 2.39. The maximum Gasteiger partial charge on any atom is 0.151 e. The zero-order valence-electron chi connectivity index (χ0n) is 8.28. The molecule has 0 N–H and O–H groups in total. The molecular weight excluding hydrogens is 198 g/mol. The van der Waals surface area contributed by atoms with Gasteiger partial charge in [-0.1, -0.05) is 0 Å². The Kier molecular flexibility index (Phi) is 2.87. The molecule has 2 rings (SSSR count). The molecule has 4 heteroatoms. The third-order valence-corrected chi connectivity index (χ3v) is 2.56. The second kappa shape index (κ2) is 4.13. The van der Waals surface area contributed by atoms with Gasteiger partial charge in [-0.15, -0.1) is 16.7 Å². The van der Waals surface area contributed by atoms with E-state index in [1.165, 1.54) is 12.8 Å². The lowest BCUT2D eigenvalue weighted by molar-refractivity contribution is 0.790. The molecule has 1 aromatic heterocycles. The molecule has 1 aromatic rings. The average molecular weight is 212 g/mol. The molecule has 0 saturated heterocycles. The van der Waals surface area contributed by atoms with Crippen molar-refractivity contribution < 1.29 is 0 Å². The fourth-order valence-corrected chi connectivity index (χ4v) is 1.69. The second-order valence-corrected chi connectivity index (χ2v) is 4.02. The maximum atomic E-state index is 5.76. The summed E-state index contributed by atoms with van der Waals surface area (Å²) in [5, 5.41) is 8.23. The predicted octanol–water partition coefficient (Wildman–Crippen LogP) is 1.99. The van der Waals surface area contributed by atoms with Gasteiger partial charge in [0.2, 0.25) is 0 Å². The molecule has 76 valence electrons. The average Bonchev–Trinajstić information content (AvgIpc) is 2.99. The van der Waals surface area contributed by atoms with Crippen molar-refractivity contribution in [3.63, 3.8) is 0 Å². The van der Waals surface area contributed by atoms with Gasteiger partial charge in [0.05, 0.1) is 5.69 Å². The minimum atomic E-state index is 0.644. The van der Waals surface area contributed by atoms with E-state index in [4.69, 9.17) is 11.6 Å². The Morgan fingerprint density at radius 2 is 2.21 bits per heavy atom. The molecule has 14 heavy (non-hydrogen) atoms. The number of aryl methyl sites for hydroxylation is 1. The molecule has 0 spiro atoms. The van der Waals surface area contributed by atoms with E-state index in [0.717, 1.165) is 18.1 Å². The van der Waals surface area contributed by atoms with Crippen LogP contribution in [0.25, 0.3) is 0 Å². The van der Waals surface area contributed by atoms with Gasteiger partial charge in [-0.25, -0.2) is 0 Å². The summed E-state index contributed by atoms with van der Waals surface area (Å²) >= 11 is 5.76. The van der Waals surface area contributed by atoms with E-state index in [2.05, 4.69) is 15.1 Å². The van der Waals surface area contributed by atoms with Crippen molar-refractivity contribution >= 4 is 17.4 Å². The Balaban J connectivity index is 2.13. The van der Waals surface area contributed by atoms with Crippen LogP contribution in [0, 0.1) is 6.92 Å². The van der Waals surface area contributed by atoms with Crippen LogP contribution in [0.2, 0.25) is 0 Å². The van der Waals surface area contributed by atoms with Crippen LogP contribution in [0.4, 0.5) is 5.82 Å². The topological polar surface area (TPSA) is 29.0 Å². The minimum Gasteiger partial charge on any atom is -0.351 e. The summed E-state index contributed by atoms with van der Waals surface area (Å²) in [7, 11) is 0. The Labute approximate surface area is 89.1 Å². The smallest absolute Gasteiger partial charge is 0.151 e. The number of halogens is 1. The minimum absolute atomic E-state index is 0.644. The molecular formula is C10H14ClN3. The van der Waals surface area contributed by atoms with Crippen molar-refractivity contribution in [1.29, 1.82) is 0 Å². The van der Waals surface area contributed by atoms with Gasteiger partial charge in [-0.05, 0) is 31.9 Å². The molecule has 1 heterocycles. The number of anilines is 1. The Morgan fingerprint density at radius 3 is 2.71 bits per heavy atom. The van der Waals surface area contributed by atoms with Gasteiger partial charge in [-0.3, -0.25) is 0 Å². The first-order valence-corrected chi connectivity index (χ1v) is 5.47. The summed E-state index contributed by atoms with van der Waals surface area (Å²) in [4.78, 5) is 2.25. The molecule has 0 unspecified atom stereocenters. The Bertz CT molecular complexity index is 295. The molecule has 1 aliphatic carbocycles. The molecule has 0 aliphatic heterocycles. The SMILES string of the molecule is Cc1ccc(N(CCCl)C2CC2)nn1. The Morgan fingerprint density at radius 1 is 1.43 bits per heavy atom. The first-order chi connectivity index (χ1) is 6.81. The van der Waals surface area contributed by atoms with Crippen LogP contribution in [0.15, 0.2) is 12.1 Å². The highest BCUT2D eigenvalue weighted by molar-refractivity contribution is 6.18. The van der Waals surface area contributed by atoms with Gasteiger partial charge in [-0.2, -0.15) is 5.10 Å². The fourth-order valence-electron chi connectivity index (χ4n) is 1.51. The highest BCUT2D eigenvalue weighted by Crippen LogP contribution is 2.29. The van der Waals surface area contributed by atoms with Crippen molar-refractivity contribution in [3.05, 3.63) is 17.8 Å². The van der Waals surface area contributed by atoms with Crippen LogP contribution in [-0.2, 0) is 0 Å². The number of aromatic nitrogens is 2. The lowest BCUT2D eigenvalue weighted by atomic mass is 10.4. The largest absolute Gasteiger partial charge is 0.351 e. The van der Waals surface area contributed by atoms with E-state index in [0.29, 0.717) is 11.9 Å². The van der Waals surface area contributed by atoms with Crippen LogP contribution in [0.3, 0.4) is 0 Å². The van der Waals surface area contributed by atoms with Crippen LogP contribution in [0.1, 0.15) is 18.5 Å². The van der Waals surface area contributed by atoms with Crippen LogP contribution in [-0.4, -0.2) is 28.7 Å². The van der Waals surface area contributed by atoms with Crippen molar-refractivity contribution in [1.82, 2.24) is 10.2 Å². The molecule has 0 bridgehead atoms. The molecule has 0 atom stereocenters. The van der Waals surface area contributed by atoms with Gasteiger partial charge in [0, 0.05) is 18.5 Å². The van der Waals surface area contributed by atoms with Crippen LogP contribution >= 0.6 is 11.6 Å². The summed E-state index contributed by atoms with van der Waals surface area (Å²) in [6, 6.07) is 4.66. The van der Waals surface area contributed by atoms with Gasteiger partial charge in [0.1, 0.15) is 0 Å². The van der Waals surface area contributed by atoms with Gasteiger partial charge in [0.15, 0.2) is 5.82 Å². The second-order valence-electron chi connectivity index (χ2n) is 3.65. The molecule has 0 amide bonds. The fraction of sp³-hybridized carbons (Fsp3) is 0.600. The summed E-state index contributed by atoms with van der Waals surface area (Å²) in [5.41, 5.74) is 0.954. The number of alkyl halides is 1. The van der Waals surface area contributed by atoms with Crippen molar-refractivity contribution in [2.45, 2.75) is 25.8 Å².